The summed E-state index contributed by atoms with van der Waals surface area (Å²) >= 11 is 0. The number of carbonyl (C=O) groups excluding carboxylic acids is 1. The van der Waals surface area contributed by atoms with Gasteiger partial charge in [0.1, 0.15) is 6.26 Å². The van der Waals surface area contributed by atoms with Gasteiger partial charge in [0.15, 0.2) is 12.4 Å². The summed E-state index contributed by atoms with van der Waals surface area (Å²) in [7, 11) is 0. The molecule has 1 atom stereocenters. The quantitative estimate of drug-likeness (QED) is 0.775. The number of carbonyl (C=O) groups is 1. The topological polar surface area (TPSA) is 44.8 Å². The maximum Gasteiger partial charge on any atom is 0.308 e. The van der Waals surface area contributed by atoms with Gasteiger partial charge in [0.2, 0.25) is 0 Å². The molecular formula is C16H20O4. The van der Waals surface area contributed by atoms with Crippen molar-refractivity contribution in [1.82, 2.24) is 0 Å². The summed E-state index contributed by atoms with van der Waals surface area (Å²) in [4.78, 5) is 11.4. The number of hydrogen-bond acceptors (Lipinski definition) is 4. The number of esters is 1. The van der Waals surface area contributed by atoms with Crippen molar-refractivity contribution in [2.45, 2.75) is 33.0 Å². The highest BCUT2D eigenvalue weighted by Crippen LogP contribution is 2.28. The minimum absolute atomic E-state index is 0.112. The first-order chi connectivity index (χ1) is 9.48. The number of hydrogen-bond donors (Lipinski definition) is 0. The Morgan fingerprint density at radius 1 is 1.30 bits per heavy atom. The molecule has 0 bridgehead atoms. The molecule has 0 saturated heterocycles. The Morgan fingerprint density at radius 3 is 2.65 bits per heavy atom. The molecule has 1 aromatic rings. The summed E-state index contributed by atoms with van der Waals surface area (Å²) < 4.78 is 16.4. The van der Waals surface area contributed by atoms with E-state index in [1.807, 2.05) is 37.3 Å². The first-order valence-corrected chi connectivity index (χ1v) is 6.75. The Labute approximate surface area is 119 Å². The van der Waals surface area contributed by atoms with Crippen LogP contribution in [0.1, 0.15) is 26.3 Å². The zero-order valence-electron chi connectivity index (χ0n) is 12.1. The minimum atomic E-state index is -0.735. The smallest absolute Gasteiger partial charge is 0.308 e. The molecule has 0 aromatic heterocycles. The van der Waals surface area contributed by atoms with Crippen LogP contribution in [-0.2, 0) is 25.4 Å². The molecule has 4 nitrogen and oxygen atoms in total. The van der Waals surface area contributed by atoms with Crippen molar-refractivity contribution in [2.24, 2.45) is 5.92 Å². The number of benzene rings is 1. The van der Waals surface area contributed by atoms with Gasteiger partial charge in [0.05, 0.1) is 5.92 Å². The van der Waals surface area contributed by atoms with E-state index in [9.17, 15) is 4.79 Å². The molecule has 0 fully saturated rings. The lowest BCUT2D eigenvalue weighted by Crippen LogP contribution is -2.29. The van der Waals surface area contributed by atoms with Crippen LogP contribution in [-0.4, -0.2) is 18.4 Å². The molecule has 1 unspecified atom stereocenters. The number of rotatable bonds is 5. The van der Waals surface area contributed by atoms with E-state index >= 15 is 0 Å². The third-order valence-electron chi connectivity index (χ3n) is 2.98. The summed E-state index contributed by atoms with van der Waals surface area (Å²) in [6, 6.07) is 9.97. The molecule has 4 heteroatoms. The van der Waals surface area contributed by atoms with Crippen molar-refractivity contribution in [1.29, 1.82) is 0 Å². The molecule has 108 valence electrons. The summed E-state index contributed by atoms with van der Waals surface area (Å²) in [5.74, 6) is -0.585. The highest BCUT2D eigenvalue weighted by Gasteiger charge is 2.34. The van der Waals surface area contributed by atoms with E-state index in [1.165, 1.54) is 6.26 Å². The second-order valence-electron chi connectivity index (χ2n) is 5.36. The van der Waals surface area contributed by atoms with E-state index in [0.29, 0.717) is 12.2 Å². The second-order valence-corrected chi connectivity index (χ2v) is 5.36. The fourth-order valence-electron chi connectivity index (χ4n) is 1.93. The van der Waals surface area contributed by atoms with Crippen LogP contribution >= 0.6 is 0 Å². The zero-order chi connectivity index (χ0) is 14.6. The highest BCUT2D eigenvalue weighted by molar-refractivity contribution is 5.71. The van der Waals surface area contributed by atoms with Crippen molar-refractivity contribution in [3.8, 4) is 0 Å². The maximum atomic E-state index is 11.4. The molecule has 0 amide bonds. The van der Waals surface area contributed by atoms with Crippen molar-refractivity contribution < 1.29 is 19.0 Å². The van der Waals surface area contributed by atoms with Gasteiger partial charge in [0, 0.05) is 13.3 Å². The molecule has 1 aliphatic heterocycles. The van der Waals surface area contributed by atoms with Crippen molar-refractivity contribution in [3.63, 3.8) is 0 Å². The van der Waals surface area contributed by atoms with Gasteiger partial charge in [-0.3, -0.25) is 4.79 Å². The molecule has 1 heterocycles. The third kappa shape index (κ3) is 3.76. The van der Waals surface area contributed by atoms with Crippen LogP contribution in [0.15, 0.2) is 42.4 Å². The first kappa shape index (κ1) is 14.4. The summed E-state index contributed by atoms with van der Waals surface area (Å²) in [5.41, 5.74) is 1.13. The zero-order valence-corrected chi connectivity index (χ0v) is 12.1. The van der Waals surface area contributed by atoms with E-state index < -0.39 is 5.79 Å². The van der Waals surface area contributed by atoms with Crippen LogP contribution in [0.5, 0.6) is 0 Å². The predicted octanol–water partition coefficient (Wildman–Crippen LogP) is 3.03. The largest absolute Gasteiger partial charge is 0.457 e. The van der Waals surface area contributed by atoms with Gasteiger partial charge in [-0.2, -0.15) is 0 Å². The van der Waals surface area contributed by atoms with Gasteiger partial charge in [-0.1, -0.05) is 44.2 Å². The van der Waals surface area contributed by atoms with E-state index in [4.69, 9.17) is 14.2 Å². The van der Waals surface area contributed by atoms with Crippen molar-refractivity contribution >= 4 is 5.97 Å². The summed E-state index contributed by atoms with van der Waals surface area (Å²) in [5, 5.41) is 0. The normalized spacial score (nSPS) is 21.1. The van der Waals surface area contributed by atoms with Crippen LogP contribution in [0, 0.1) is 5.92 Å². The molecule has 0 saturated carbocycles. The first-order valence-electron chi connectivity index (χ1n) is 6.75. The van der Waals surface area contributed by atoms with E-state index in [1.54, 1.807) is 13.8 Å². The highest BCUT2D eigenvalue weighted by atomic mass is 16.7. The summed E-state index contributed by atoms with van der Waals surface area (Å²) in [6.45, 7) is 5.57. The van der Waals surface area contributed by atoms with Crippen LogP contribution in [0.25, 0.3) is 0 Å². The lowest BCUT2D eigenvalue weighted by atomic mass is 10.1. The van der Waals surface area contributed by atoms with Crippen molar-refractivity contribution in [3.05, 3.63) is 47.9 Å². The van der Waals surface area contributed by atoms with Crippen LogP contribution in [0.4, 0.5) is 0 Å². The Bertz CT molecular complexity index is 492. The lowest BCUT2D eigenvalue weighted by Gasteiger charge is -2.24. The Balaban J connectivity index is 1.85. The fourth-order valence-corrected chi connectivity index (χ4v) is 1.93. The molecule has 20 heavy (non-hydrogen) atoms. The Kier molecular flexibility index (Phi) is 4.32. The van der Waals surface area contributed by atoms with Gasteiger partial charge in [0.25, 0.3) is 5.79 Å². The van der Waals surface area contributed by atoms with Crippen LogP contribution in [0.2, 0.25) is 0 Å². The number of ether oxygens (including phenoxy) is 3. The predicted molar refractivity (Wildman–Crippen MR) is 74.6 cm³/mol. The van der Waals surface area contributed by atoms with E-state index in [-0.39, 0.29) is 18.5 Å². The summed E-state index contributed by atoms with van der Waals surface area (Å²) in [6.07, 6.45) is 2.16. The Morgan fingerprint density at radius 2 is 2.00 bits per heavy atom. The van der Waals surface area contributed by atoms with Gasteiger partial charge >= 0.3 is 5.97 Å². The molecule has 0 N–H and O–H groups in total. The molecule has 1 aliphatic rings. The second kappa shape index (κ2) is 5.99. The molecule has 0 radical (unpaired) electrons. The van der Waals surface area contributed by atoms with Gasteiger partial charge in [-0.25, -0.2) is 0 Å². The molecular weight excluding hydrogens is 256 g/mol. The van der Waals surface area contributed by atoms with Crippen LogP contribution in [0.3, 0.4) is 0 Å². The van der Waals surface area contributed by atoms with Gasteiger partial charge in [-0.05, 0) is 5.56 Å². The van der Waals surface area contributed by atoms with E-state index in [0.717, 1.165) is 5.56 Å². The van der Waals surface area contributed by atoms with Gasteiger partial charge < -0.3 is 14.2 Å². The van der Waals surface area contributed by atoms with E-state index in [2.05, 4.69) is 0 Å². The average Bonchev–Trinajstić information content (AvgIpc) is 2.78. The monoisotopic (exact) mass is 276 g/mol. The average molecular weight is 276 g/mol. The lowest BCUT2D eigenvalue weighted by molar-refractivity contribution is -0.153. The minimum Gasteiger partial charge on any atom is -0.457 e. The van der Waals surface area contributed by atoms with Gasteiger partial charge in [-0.15, -0.1) is 0 Å². The SMILES string of the molecule is CC(C)C(=O)OCC1=COC(C)(Cc2ccccc2)O1. The third-order valence-corrected chi connectivity index (χ3v) is 2.98. The van der Waals surface area contributed by atoms with Crippen LogP contribution < -0.4 is 0 Å². The fraction of sp³-hybridized carbons (Fsp3) is 0.438. The standard InChI is InChI=1S/C16H20O4/c1-12(2)15(17)18-10-14-11-19-16(3,20-14)9-13-7-5-4-6-8-13/h4-8,11-12H,9-10H2,1-3H3. The maximum absolute atomic E-state index is 11.4. The molecule has 1 aromatic carbocycles. The molecule has 2 rings (SSSR count). The Hall–Kier alpha value is -1.97. The van der Waals surface area contributed by atoms with Crippen molar-refractivity contribution in [2.75, 3.05) is 6.61 Å². The molecule has 0 aliphatic carbocycles. The molecule has 0 spiro atoms.